The van der Waals surface area contributed by atoms with Crippen LogP contribution in [0.3, 0.4) is 0 Å². The lowest BCUT2D eigenvalue weighted by atomic mass is 10.3. The van der Waals surface area contributed by atoms with Gasteiger partial charge in [-0.25, -0.2) is 9.97 Å². The summed E-state index contributed by atoms with van der Waals surface area (Å²) in [4.78, 5) is 8.25. The van der Waals surface area contributed by atoms with E-state index >= 15 is 0 Å². The topological polar surface area (TPSA) is 37.8 Å². The minimum absolute atomic E-state index is 0.194. The lowest BCUT2D eigenvalue weighted by molar-refractivity contribution is -0.141. The van der Waals surface area contributed by atoms with Gasteiger partial charge in [-0.1, -0.05) is 6.92 Å². The number of alkyl halides is 3. The highest BCUT2D eigenvalue weighted by molar-refractivity contribution is 7.11. The van der Waals surface area contributed by atoms with Crippen LogP contribution in [-0.2, 0) is 19.1 Å². The summed E-state index contributed by atoms with van der Waals surface area (Å²) >= 11 is 2.59. The molecule has 0 amide bonds. The maximum Gasteiger partial charge on any atom is 0.434 e. The molecule has 2 rings (SSSR count). The third-order valence-corrected chi connectivity index (χ3v) is 4.42. The first-order valence-electron chi connectivity index (χ1n) is 6.07. The van der Waals surface area contributed by atoms with Crippen LogP contribution in [0.1, 0.15) is 33.2 Å². The van der Waals surface area contributed by atoms with E-state index in [4.69, 9.17) is 0 Å². The van der Waals surface area contributed by atoms with E-state index in [1.54, 1.807) is 0 Å². The fourth-order valence-corrected chi connectivity index (χ4v) is 3.39. The zero-order chi connectivity index (χ0) is 14.8. The molecule has 3 nitrogen and oxygen atoms in total. The fraction of sp³-hybridized carbons (Fsp3) is 0.500. The first kappa shape index (κ1) is 15.4. The number of rotatable bonds is 5. The summed E-state index contributed by atoms with van der Waals surface area (Å²) in [5.74, 6) is 0. The monoisotopic (exact) mass is 321 g/mol. The predicted octanol–water partition coefficient (Wildman–Crippen LogP) is 3.63. The summed E-state index contributed by atoms with van der Waals surface area (Å²) < 4.78 is 38.8. The first-order valence-corrected chi connectivity index (χ1v) is 7.77. The van der Waals surface area contributed by atoms with Crippen LogP contribution in [0.5, 0.6) is 0 Å². The van der Waals surface area contributed by atoms with Gasteiger partial charge < -0.3 is 5.32 Å². The van der Waals surface area contributed by atoms with Gasteiger partial charge in [-0.05, 0) is 13.5 Å². The van der Waals surface area contributed by atoms with E-state index in [9.17, 15) is 13.2 Å². The van der Waals surface area contributed by atoms with Crippen molar-refractivity contribution < 1.29 is 13.2 Å². The molecular weight excluding hydrogens is 307 g/mol. The molecule has 2 heterocycles. The molecule has 20 heavy (non-hydrogen) atoms. The Balaban J connectivity index is 2.23. The van der Waals surface area contributed by atoms with Crippen LogP contribution in [0.15, 0.2) is 5.38 Å². The van der Waals surface area contributed by atoms with Gasteiger partial charge in [-0.15, -0.1) is 22.7 Å². The highest BCUT2D eigenvalue weighted by atomic mass is 32.1. The number of aromatic nitrogens is 2. The Morgan fingerprint density at radius 1 is 1.30 bits per heavy atom. The van der Waals surface area contributed by atoms with Crippen molar-refractivity contribution in [2.45, 2.75) is 33.0 Å². The second-order valence-corrected chi connectivity index (χ2v) is 6.42. The summed E-state index contributed by atoms with van der Waals surface area (Å²) in [6, 6.07) is 0. The average Bonchev–Trinajstić information content (AvgIpc) is 2.93. The van der Waals surface area contributed by atoms with Gasteiger partial charge in [0.1, 0.15) is 0 Å². The van der Waals surface area contributed by atoms with Gasteiger partial charge in [0.2, 0.25) is 0 Å². The summed E-state index contributed by atoms with van der Waals surface area (Å²) in [6.45, 7) is 4.54. The van der Waals surface area contributed by atoms with E-state index in [1.165, 1.54) is 11.3 Å². The van der Waals surface area contributed by atoms with E-state index < -0.39 is 11.9 Å². The van der Waals surface area contributed by atoms with Crippen LogP contribution in [0.4, 0.5) is 13.2 Å². The second-order valence-electron chi connectivity index (χ2n) is 4.19. The normalized spacial score (nSPS) is 12.1. The van der Waals surface area contributed by atoms with Crippen molar-refractivity contribution in [3.05, 3.63) is 31.7 Å². The SMILES string of the molecule is CCNCc1sc(Cc2csc(C)n2)nc1C(F)(F)F. The Hall–Kier alpha value is -0.990. The molecule has 0 atom stereocenters. The predicted molar refractivity (Wildman–Crippen MR) is 74.2 cm³/mol. The zero-order valence-electron chi connectivity index (χ0n) is 11.0. The molecule has 2 aromatic heterocycles. The van der Waals surface area contributed by atoms with E-state index in [1.807, 2.05) is 19.2 Å². The van der Waals surface area contributed by atoms with Crippen molar-refractivity contribution in [2.24, 2.45) is 0 Å². The van der Waals surface area contributed by atoms with Crippen molar-refractivity contribution in [1.82, 2.24) is 15.3 Å². The number of hydrogen-bond donors (Lipinski definition) is 1. The van der Waals surface area contributed by atoms with E-state index in [-0.39, 0.29) is 11.4 Å². The molecule has 0 saturated carbocycles. The van der Waals surface area contributed by atoms with Crippen LogP contribution < -0.4 is 5.32 Å². The second kappa shape index (κ2) is 6.19. The average molecular weight is 321 g/mol. The minimum Gasteiger partial charge on any atom is -0.312 e. The van der Waals surface area contributed by atoms with Crippen LogP contribution in [-0.4, -0.2) is 16.5 Å². The summed E-state index contributed by atoms with van der Waals surface area (Å²) in [5, 5.41) is 6.13. The third-order valence-electron chi connectivity index (χ3n) is 2.54. The molecular formula is C12H14F3N3S2. The molecule has 0 aliphatic rings. The molecule has 1 N–H and O–H groups in total. The van der Waals surface area contributed by atoms with Gasteiger partial charge in [-0.3, -0.25) is 0 Å². The number of hydrogen-bond acceptors (Lipinski definition) is 5. The first-order chi connectivity index (χ1) is 9.40. The Bertz CT molecular complexity index is 575. The zero-order valence-corrected chi connectivity index (χ0v) is 12.7. The molecule has 0 aromatic carbocycles. The van der Waals surface area contributed by atoms with Crippen LogP contribution >= 0.6 is 22.7 Å². The number of aryl methyl sites for hydroxylation is 1. The van der Waals surface area contributed by atoms with Gasteiger partial charge in [0.05, 0.1) is 20.6 Å². The van der Waals surface area contributed by atoms with Crippen LogP contribution in [0.25, 0.3) is 0 Å². The molecule has 0 spiro atoms. The Morgan fingerprint density at radius 3 is 2.60 bits per heavy atom. The lowest BCUT2D eigenvalue weighted by Crippen LogP contribution is -2.15. The summed E-state index contributed by atoms with van der Waals surface area (Å²) in [6.07, 6.45) is -4.05. The fourth-order valence-electron chi connectivity index (χ4n) is 1.70. The maximum absolute atomic E-state index is 12.9. The smallest absolute Gasteiger partial charge is 0.312 e. The van der Waals surface area contributed by atoms with Crippen molar-refractivity contribution in [2.75, 3.05) is 6.54 Å². The molecule has 0 aliphatic carbocycles. The van der Waals surface area contributed by atoms with E-state index in [0.29, 0.717) is 18.0 Å². The van der Waals surface area contributed by atoms with Crippen molar-refractivity contribution in [3.63, 3.8) is 0 Å². The Morgan fingerprint density at radius 2 is 2.05 bits per heavy atom. The molecule has 0 radical (unpaired) electrons. The minimum atomic E-state index is -4.41. The van der Waals surface area contributed by atoms with Crippen LogP contribution in [0, 0.1) is 6.92 Å². The maximum atomic E-state index is 12.9. The molecule has 0 saturated heterocycles. The number of halogens is 3. The van der Waals surface area contributed by atoms with E-state index in [0.717, 1.165) is 22.0 Å². The Kier molecular flexibility index (Phi) is 4.77. The molecule has 8 heteroatoms. The van der Waals surface area contributed by atoms with Crippen molar-refractivity contribution in [1.29, 1.82) is 0 Å². The highest BCUT2D eigenvalue weighted by Crippen LogP contribution is 2.35. The van der Waals surface area contributed by atoms with Crippen molar-refractivity contribution in [3.8, 4) is 0 Å². The van der Waals surface area contributed by atoms with Gasteiger partial charge in [-0.2, -0.15) is 13.2 Å². The van der Waals surface area contributed by atoms with Gasteiger partial charge in [0.15, 0.2) is 5.69 Å². The Labute approximate surface area is 122 Å². The number of nitrogens with one attached hydrogen (secondary N) is 1. The van der Waals surface area contributed by atoms with Gasteiger partial charge in [0, 0.05) is 18.3 Å². The quantitative estimate of drug-likeness (QED) is 0.914. The number of nitrogens with zero attached hydrogens (tertiary/aromatic N) is 2. The van der Waals surface area contributed by atoms with Crippen molar-refractivity contribution >= 4 is 22.7 Å². The molecule has 0 bridgehead atoms. The highest BCUT2D eigenvalue weighted by Gasteiger charge is 2.37. The molecule has 2 aromatic rings. The van der Waals surface area contributed by atoms with Gasteiger partial charge >= 0.3 is 6.18 Å². The van der Waals surface area contributed by atoms with E-state index in [2.05, 4.69) is 15.3 Å². The molecule has 0 unspecified atom stereocenters. The largest absolute Gasteiger partial charge is 0.434 e. The molecule has 0 aliphatic heterocycles. The molecule has 110 valence electrons. The third kappa shape index (κ3) is 3.77. The standard InChI is InChI=1S/C12H14F3N3S2/c1-3-16-5-9-11(12(13,14)15)18-10(20-9)4-8-6-19-7(2)17-8/h6,16H,3-5H2,1-2H3. The van der Waals surface area contributed by atoms with Crippen LogP contribution in [0.2, 0.25) is 0 Å². The summed E-state index contributed by atoms with van der Waals surface area (Å²) in [5.41, 5.74) is -0.00428. The summed E-state index contributed by atoms with van der Waals surface area (Å²) in [7, 11) is 0. The lowest BCUT2D eigenvalue weighted by Gasteiger charge is -2.05. The number of thiazole rings is 2. The molecule has 0 fully saturated rings. The van der Waals surface area contributed by atoms with Gasteiger partial charge in [0.25, 0.3) is 0 Å².